The Hall–Kier alpha value is -0.944. The van der Waals surface area contributed by atoms with E-state index in [1.807, 2.05) is 13.8 Å². The van der Waals surface area contributed by atoms with E-state index in [0.29, 0.717) is 19.8 Å². The summed E-state index contributed by atoms with van der Waals surface area (Å²) in [5, 5.41) is 3.80. The molecule has 4 rings (SSSR count). The fourth-order valence-electron chi connectivity index (χ4n) is 4.73. The normalized spacial score (nSPS) is 26.4. The summed E-state index contributed by atoms with van der Waals surface area (Å²) >= 11 is 0.483. The van der Waals surface area contributed by atoms with Crippen LogP contribution in [0.3, 0.4) is 0 Å². The summed E-state index contributed by atoms with van der Waals surface area (Å²) in [7, 11) is -2.48. The van der Waals surface area contributed by atoms with E-state index >= 15 is 0 Å². The Bertz CT molecular complexity index is 780. The average molecular weight is 476 g/mol. The van der Waals surface area contributed by atoms with Crippen molar-refractivity contribution in [2.45, 2.75) is 67.8 Å². The van der Waals surface area contributed by atoms with Crippen LogP contribution in [0.4, 0.5) is 0 Å². The van der Waals surface area contributed by atoms with Gasteiger partial charge in [0.1, 0.15) is 0 Å². The molecule has 2 aliphatic rings. The molecular formula is C24H32O3SeSi. The van der Waals surface area contributed by atoms with Gasteiger partial charge in [-0.15, -0.1) is 0 Å². The SMILES string of the molecule is CC1(C)O[C@H]2[C@H](C[Se][C@@H]2CO[Si](c2ccccc2)(c2ccccc2)C(C)(C)C)O1. The second-order valence-corrected chi connectivity index (χ2v) is 16.5. The molecule has 29 heavy (non-hydrogen) atoms. The van der Waals surface area contributed by atoms with Crippen molar-refractivity contribution in [2.75, 3.05) is 6.61 Å². The van der Waals surface area contributed by atoms with Crippen LogP contribution in [0.15, 0.2) is 60.7 Å². The van der Waals surface area contributed by atoms with Crippen LogP contribution in [0.1, 0.15) is 34.6 Å². The molecule has 3 nitrogen and oxygen atoms in total. The first kappa shape index (κ1) is 21.3. The first-order valence-electron chi connectivity index (χ1n) is 10.5. The minimum absolute atomic E-state index is 0.00696. The summed E-state index contributed by atoms with van der Waals surface area (Å²) in [6.45, 7) is 11.8. The number of benzene rings is 2. The van der Waals surface area contributed by atoms with Crippen LogP contribution >= 0.6 is 0 Å². The van der Waals surface area contributed by atoms with E-state index in [4.69, 9.17) is 13.9 Å². The summed E-state index contributed by atoms with van der Waals surface area (Å²) in [6, 6.07) is 21.8. The molecule has 0 spiro atoms. The van der Waals surface area contributed by atoms with Crippen molar-refractivity contribution < 1.29 is 13.9 Å². The van der Waals surface area contributed by atoms with Crippen LogP contribution in [-0.2, 0) is 13.9 Å². The van der Waals surface area contributed by atoms with Crippen molar-refractivity contribution in [2.24, 2.45) is 0 Å². The van der Waals surface area contributed by atoms with Gasteiger partial charge in [0.15, 0.2) is 0 Å². The maximum absolute atomic E-state index is 7.15. The summed E-state index contributed by atoms with van der Waals surface area (Å²) in [5.74, 6) is -0.471. The van der Waals surface area contributed by atoms with Crippen molar-refractivity contribution in [3.8, 4) is 0 Å². The molecule has 3 atom stereocenters. The molecule has 2 fully saturated rings. The van der Waals surface area contributed by atoms with E-state index in [-0.39, 0.29) is 17.2 Å². The molecule has 2 aromatic rings. The molecular weight excluding hydrogens is 443 g/mol. The van der Waals surface area contributed by atoms with Gasteiger partial charge in [0.05, 0.1) is 0 Å². The molecule has 0 amide bonds. The van der Waals surface area contributed by atoms with E-state index in [1.54, 1.807) is 0 Å². The number of rotatable bonds is 5. The molecule has 5 heteroatoms. The van der Waals surface area contributed by atoms with Crippen molar-refractivity contribution >= 4 is 33.6 Å². The van der Waals surface area contributed by atoms with Crippen molar-refractivity contribution in [3.63, 3.8) is 0 Å². The fourth-order valence-corrected chi connectivity index (χ4v) is 12.3. The first-order valence-corrected chi connectivity index (χ1v) is 14.6. The van der Waals surface area contributed by atoms with E-state index in [1.165, 1.54) is 10.4 Å². The maximum atomic E-state index is 7.15. The van der Waals surface area contributed by atoms with Crippen LogP contribution < -0.4 is 10.4 Å². The minimum atomic E-state index is -2.48. The summed E-state index contributed by atoms with van der Waals surface area (Å²) < 4.78 is 19.5. The summed E-state index contributed by atoms with van der Waals surface area (Å²) in [4.78, 5) is 0.441. The standard InChI is InChI=1S/C24H32O3SeSi/c1-23(2,3)29(18-12-8-6-9-13-18,19-14-10-7-11-15-19)25-16-21-22-20(17-28-21)26-24(4,5)27-22/h6-15,20-22H,16-17H2,1-5H3/t20-,21+,22-/m0/s1. The van der Waals surface area contributed by atoms with Gasteiger partial charge in [-0.3, -0.25) is 0 Å². The summed E-state index contributed by atoms with van der Waals surface area (Å²) in [5.41, 5.74) is 0. The first-order chi connectivity index (χ1) is 13.7. The molecule has 0 saturated carbocycles. The predicted molar refractivity (Wildman–Crippen MR) is 122 cm³/mol. The number of hydrogen-bond acceptors (Lipinski definition) is 3. The van der Waals surface area contributed by atoms with Crippen LogP contribution in [0.25, 0.3) is 0 Å². The van der Waals surface area contributed by atoms with Crippen molar-refractivity contribution in [1.29, 1.82) is 0 Å². The average Bonchev–Trinajstić information content (AvgIpc) is 3.18. The quantitative estimate of drug-likeness (QED) is 0.612. The molecule has 156 valence electrons. The molecule has 0 aliphatic carbocycles. The van der Waals surface area contributed by atoms with E-state index in [0.717, 1.165) is 11.9 Å². The molecule has 0 N–H and O–H groups in total. The monoisotopic (exact) mass is 476 g/mol. The molecule has 0 aromatic heterocycles. The fraction of sp³-hybridized carbons (Fsp3) is 0.500. The predicted octanol–water partition coefficient (Wildman–Crippen LogP) is 4.01. The molecule has 2 saturated heterocycles. The Kier molecular flexibility index (Phi) is 5.84. The third kappa shape index (κ3) is 4.01. The van der Waals surface area contributed by atoms with Gasteiger partial charge in [-0.25, -0.2) is 0 Å². The zero-order valence-corrected chi connectivity index (χ0v) is 20.8. The zero-order chi connectivity index (χ0) is 20.7. The van der Waals surface area contributed by atoms with Crippen molar-refractivity contribution in [1.82, 2.24) is 0 Å². The van der Waals surface area contributed by atoms with Crippen LogP contribution in [0.2, 0.25) is 15.2 Å². The Labute approximate surface area is 182 Å². The van der Waals surface area contributed by atoms with Crippen LogP contribution in [0.5, 0.6) is 0 Å². The van der Waals surface area contributed by atoms with Crippen molar-refractivity contribution in [3.05, 3.63) is 60.7 Å². The second kappa shape index (κ2) is 7.95. The van der Waals surface area contributed by atoms with Gasteiger partial charge in [-0.2, -0.15) is 0 Å². The number of fused-ring (bicyclic) bond motifs is 1. The third-order valence-corrected chi connectivity index (χ3v) is 13.8. The second-order valence-electron chi connectivity index (χ2n) is 9.48. The Morgan fingerprint density at radius 3 is 2.03 bits per heavy atom. The van der Waals surface area contributed by atoms with Crippen LogP contribution in [-0.4, -0.2) is 47.9 Å². The molecule has 2 aliphatic heterocycles. The molecule has 0 unspecified atom stereocenters. The third-order valence-electron chi connectivity index (χ3n) is 5.94. The van der Waals surface area contributed by atoms with Gasteiger partial charge in [-0.05, 0) is 0 Å². The molecule has 0 radical (unpaired) electrons. The number of ether oxygens (including phenoxy) is 2. The van der Waals surface area contributed by atoms with Gasteiger partial charge >= 0.3 is 183 Å². The molecule has 2 heterocycles. The Balaban J connectivity index is 1.68. The Morgan fingerprint density at radius 2 is 1.52 bits per heavy atom. The van der Waals surface area contributed by atoms with Gasteiger partial charge in [-0.1, -0.05) is 0 Å². The molecule has 2 aromatic carbocycles. The summed E-state index contributed by atoms with van der Waals surface area (Å²) in [6.07, 6.45) is 0.404. The van der Waals surface area contributed by atoms with E-state index in [9.17, 15) is 0 Å². The zero-order valence-electron chi connectivity index (χ0n) is 18.1. The van der Waals surface area contributed by atoms with Gasteiger partial charge < -0.3 is 0 Å². The van der Waals surface area contributed by atoms with Gasteiger partial charge in [0.25, 0.3) is 0 Å². The van der Waals surface area contributed by atoms with Gasteiger partial charge in [0.2, 0.25) is 0 Å². The number of hydrogen-bond donors (Lipinski definition) is 0. The van der Waals surface area contributed by atoms with E-state index in [2.05, 4.69) is 81.4 Å². The van der Waals surface area contributed by atoms with Gasteiger partial charge in [0, 0.05) is 0 Å². The van der Waals surface area contributed by atoms with Crippen LogP contribution in [0, 0.1) is 0 Å². The molecule has 0 bridgehead atoms. The topological polar surface area (TPSA) is 27.7 Å². The Morgan fingerprint density at radius 1 is 0.966 bits per heavy atom. The van der Waals surface area contributed by atoms with E-state index < -0.39 is 14.1 Å².